The fourth-order valence-corrected chi connectivity index (χ4v) is 2.91. The van der Waals surface area contributed by atoms with Crippen LogP contribution in [0.1, 0.15) is 18.1 Å². The zero-order chi connectivity index (χ0) is 14.8. The predicted molar refractivity (Wildman–Crippen MR) is 63.1 cm³/mol. The van der Waals surface area contributed by atoms with Crippen molar-refractivity contribution in [3.8, 4) is 0 Å². The van der Waals surface area contributed by atoms with Gasteiger partial charge in [0, 0.05) is 6.54 Å². The number of alkyl halides is 3. The molecule has 0 aliphatic carbocycles. The number of hydrogen-bond acceptors (Lipinski definition) is 3. The molecule has 0 aliphatic rings. The molecule has 0 radical (unpaired) electrons. The largest absolute Gasteiger partial charge is 0.416 e. The molecule has 8 heteroatoms. The number of sulfonamides is 1. The van der Waals surface area contributed by atoms with Crippen LogP contribution in [-0.2, 0) is 16.2 Å². The Balaban J connectivity index is 3.22. The summed E-state index contributed by atoms with van der Waals surface area (Å²) >= 11 is 0. The van der Waals surface area contributed by atoms with E-state index < -0.39 is 32.8 Å². The van der Waals surface area contributed by atoms with Crippen molar-refractivity contribution in [3.05, 3.63) is 29.3 Å². The molecular weight excluding hydrogens is 283 g/mol. The summed E-state index contributed by atoms with van der Waals surface area (Å²) in [6.45, 7) is 2.19. The summed E-state index contributed by atoms with van der Waals surface area (Å²) in [5.41, 5.74) is -1.36. The lowest BCUT2D eigenvalue weighted by Crippen LogP contribution is -2.31. The van der Waals surface area contributed by atoms with Gasteiger partial charge in [-0.25, -0.2) is 13.1 Å². The quantitative estimate of drug-likeness (QED) is 0.888. The van der Waals surface area contributed by atoms with Gasteiger partial charge >= 0.3 is 6.18 Å². The van der Waals surface area contributed by atoms with E-state index in [1.54, 1.807) is 0 Å². The van der Waals surface area contributed by atoms with E-state index in [-0.39, 0.29) is 12.1 Å². The second-order valence-corrected chi connectivity index (χ2v) is 5.86. The highest BCUT2D eigenvalue weighted by molar-refractivity contribution is 7.89. The van der Waals surface area contributed by atoms with Gasteiger partial charge in [-0.15, -0.1) is 0 Å². The van der Waals surface area contributed by atoms with Crippen LogP contribution in [-0.4, -0.2) is 26.2 Å². The van der Waals surface area contributed by atoms with Gasteiger partial charge in [-0.3, -0.25) is 0 Å². The van der Waals surface area contributed by atoms with Crippen LogP contribution in [0.5, 0.6) is 0 Å². The summed E-state index contributed by atoms with van der Waals surface area (Å²) in [5.74, 6) is 0. The maximum Gasteiger partial charge on any atom is 0.416 e. The molecule has 108 valence electrons. The second-order valence-electron chi connectivity index (χ2n) is 4.13. The highest BCUT2D eigenvalue weighted by Crippen LogP contribution is 2.33. The Morgan fingerprint density at radius 3 is 2.42 bits per heavy atom. The second kappa shape index (κ2) is 5.48. The first-order valence-corrected chi connectivity index (χ1v) is 6.88. The SMILES string of the molecule is Cc1c(C(F)(F)F)cccc1S(=O)(=O)NC[C@@H](C)O. The third-order valence-electron chi connectivity index (χ3n) is 2.45. The number of nitrogens with one attached hydrogen (secondary N) is 1. The molecule has 0 spiro atoms. The summed E-state index contributed by atoms with van der Waals surface area (Å²) in [7, 11) is -4.08. The van der Waals surface area contributed by atoms with Crippen LogP contribution < -0.4 is 4.72 Å². The lowest BCUT2D eigenvalue weighted by atomic mass is 10.1. The Hall–Kier alpha value is -1.12. The summed E-state index contributed by atoms with van der Waals surface area (Å²) in [4.78, 5) is -0.442. The standard InChI is InChI=1S/C11H14F3NO3S/c1-7(16)6-15-19(17,18)10-5-3-4-9(8(10)2)11(12,13)14/h3-5,7,15-16H,6H2,1-2H3/t7-/m1/s1. The summed E-state index contributed by atoms with van der Waals surface area (Å²) < 4.78 is 63.8. The van der Waals surface area contributed by atoms with Gasteiger partial charge in [-0.1, -0.05) is 6.07 Å². The smallest absolute Gasteiger partial charge is 0.392 e. The molecule has 0 bridgehead atoms. The molecule has 0 aromatic heterocycles. The van der Waals surface area contributed by atoms with E-state index in [1.807, 2.05) is 4.72 Å². The van der Waals surface area contributed by atoms with Crippen LogP contribution in [0.4, 0.5) is 13.2 Å². The van der Waals surface area contributed by atoms with E-state index in [9.17, 15) is 21.6 Å². The predicted octanol–water partition coefficient (Wildman–Crippen LogP) is 1.67. The van der Waals surface area contributed by atoms with Gasteiger partial charge in [0.15, 0.2) is 0 Å². The average molecular weight is 297 g/mol. The molecule has 1 rings (SSSR count). The third-order valence-corrected chi connectivity index (χ3v) is 4.02. The molecule has 0 saturated carbocycles. The van der Waals surface area contributed by atoms with Gasteiger partial charge in [-0.05, 0) is 31.5 Å². The molecule has 1 aromatic carbocycles. The first kappa shape index (κ1) is 15.9. The normalized spacial score (nSPS) is 14.4. The minimum absolute atomic E-state index is 0.266. The van der Waals surface area contributed by atoms with E-state index in [1.165, 1.54) is 6.92 Å². The zero-order valence-corrected chi connectivity index (χ0v) is 11.1. The van der Waals surface area contributed by atoms with Gasteiger partial charge in [0.2, 0.25) is 10.0 Å². The first-order chi connectivity index (χ1) is 8.55. The van der Waals surface area contributed by atoms with Gasteiger partial charge < -0.3 is 5.11 Å². The fourth-order valence-electron chi connectivity index (χ4n) is 1.52. The van der Waals surface area contributed by atoms with Gasteiger partial charge in [0.1, 0.15) is 0 Å². The van der Waals surface area contributed by atoms with Crippen molar-refractivity contribution in [3.63, 3.8) is 0 Å². The number of rotatable bonds is 4. The Bertz CT molecular complexity index is 553. The van der Waals surface area contributed by atoms with Crippen molar-refractivity contribution in [2.24, 2.45) is 0 Å². The minimum Gasteiger partial charge on any atom is -0.392 e. The number of hydrogen-bond donors (Lipinski definition) is 2. The van der Waals surface area contributed by atoms with E-state index in [2.05, 4.69) is 0 Å². The van der Waals surface area contributed by atoms with Crippen LogP contribution in [0.3, 0.4) is 0 Å². The first-order valence-electron chi connectivity index (χ1n) is 5.40. The average Bonchev–Trinajstić information content (AvgIpc) is 2.25. The third kappa shape index (κ3) is 3.92. The van der Waals surface area contributed by atoms with Gasteiger partial charge in [0.05, 0.1) is 16.6 Å². The van der Waals surface area contributed by atoms with Crippen LogP contribution in [0.15, 0.2) is 23.1 Å². The van der Waals surface area contributed by atoms with Crippen molar-refractivity contribution in [2.75, 3.05) is 6.54 Å². The van der Waals surface area contributed by atoms with Crippen molar-refractivity contribution in [1.82, 2.24) is 4.72 Å². The van der Waals surface area contributed by atoms with Crippen molar-refractivity contribution < 1.29 is 26.7 Å². The molecule has 0 saturated heterocycles. The van der Waals surface area contributed by atoms with Gasteiger partial charge in [0.25, 0.3) is 0 Å². The van der Waals surface area contributed by atoms with E-state index in [0.29, 0.717) is 0 Å². The van der Waals surface area contributed by atoms with E-state index >= 15 is 0 Å². The highest BCUT2D eigenvalue weighted by Gasteiger charge is 2.34. The van der Waals surface area contributed by atoms with E-state index in [4.69, 9.17) is 5.11 Å². The van der Waals surface area contributed by atoms with Crippen LogP contribution in [0, 0.1) is 6.92 Å². The number of aliphatic hydroxyl groups excluding tert-OH is 1. The molecule has 0 amide bonds. The molecular formula is C11H14F3NO3S. The summed E-state index contributed by atoms with van der Waals surface area (Å²) in [6, 6.07) is 2.95. The Labute approximate surface area is 109 Å². The molecule has 0 unspecified atom stereocenters. The van der Waals surface area contributed by atoms with Gasteiger partial charge in [-0.2, -0.15) is 13.2 Å². The molecule has 0 aliphatic heterocycles. The zero-order valence-electron chi connectivity index (χ0n) is 10.3. The monoisotopic (exact) mass is 297 g/mol. The highest BCUT2D eigenvalue weighted by atomic mass is 32.2. The maximum absolute atomic E-state index is 12.7. The molecule has 0 heterocycles. The van der Waals surface area contributed by atoms with Crippen LogP contribution in [0.2, 0.25) is 0 Å². The number of halogens is 3. The minimum atomic E-state index is -4.61. The van der Waals surface area contributed by atoms with E-state index in [0.717, 1.165) is 25.1 Å². The topological polar surface area (TPSA) is 66.4 Å². The summed E-state index contributed by atoms with van der Waals surface area (Å²) in [5, 5.41) is 9.01. The lowest BCUT2D eigenvalue weighted by Gasteiger charge is -2.15. The number of aliphatic hydroxyl groups is 1. The molecule has 19 heavy (non-hydrogen) atoms. The molecule has 1 atom stereocenters. The molecule has 2 N–H and O–H groups in total. The molecule has 4 nitrogen and oxygen atoms in total. The molecule has 1 aromatic rings. The van der Waals surface area contributed by atoms with Crippen molar-refractivity contribution in [1.29, 1.82) is 0 Å². The maximum atomic E-state index is 12.7. The summed E-state index contributed by atoms with van der Waals surface area (Å²) in [6.07, 6.45) is -5.54. The van der Waals surface area contributed by atoms with Crippen LogP contribution >= 0.6 is 0 Å². The number of benzene rings is 1. The van der Waals surface area contributed by atoms with Crippen LogP contribution in [0.25, 0.3) is 0 Å². The van der Waals surface area contributed by atoms with Crippen molar-refractivity contribution >= 4 is 10.0 Å². The lowest BCUT2D eigenvalue weighted by molar-refractivity contribution is -0.138. The Kier molecular flexibility index (Phi) is 4.59. The fraction of sp³-hybridized carbons (Fsp3) is 0.455. The van der Waals surface area contributed by atoms with Crippen molar-refractivity contribution in [2.45, 2.75) is 31.0 Å². The molecule has 0 fully saturated rings. The Morgan fingerprint density at radius 1 is 1.37 bits per heavy atom. The Morgan fingerprint density at radius 2 is 1.95 bits per heavy atom.